The monoisotopic (exact) mass is 264 g/mol. The van der Waals surface area contributed by atoms with Gasteiger partial charge in [0.2, 0.25) is 0 Å². The molecule has 1 heterocycles. The number of amides is 1. The molecule has 4 heteroatoms. The van der Waals surface area contributed by atoms with E-state index in [1.807, 2.05) is 48.5 Å². The Hall–Kier alpha value is -2.88. The summed E-state index contributed by atoms with van der Waals surface area (Å²) in [5.41, 5.74) is 7.73. The quantitative estimate of drug-likeness (QED) is 0.771. The van der Waals surface area contributed by atoms with Gasteiger partial charge < -0.3 is 10.5 Å². The summed E-state index contributed by atoms with van der Waals surface area (Å²) in [5.74, 6) is 0.419. The maximum Gasteiger partial charge on any atom is 0.409 e. The summed E-state index contributed by atoms with van der Waals surface area (Å²) in [4.78, 5) is 15.3. The highest BCUT2D eigenvalue weighted by Gasteiger charge is 2.03. The molecule has 20 heavy (non-hydrogen) atoms. The number of fused-ring (bicyclic) bond motifs is 1. The van der Waals surface area contributed by atoms with E-state index in [-0.39, 0.29) is 0 Å². The van der Waals surface area contributed by atoms with Crippen molar-refractivity contribution in [2.24, 2.45) is 5.73 Å². The third kappa shape index (κ3) is 2.44. The van der Waals surface area contributed by atoms with Gasteiger partial charge in [0.25, 0.3) is 0 Å². The number of nitrogens with two attached hydrogens (primary N) is 1. The lowest BCUT2D eigenvalue weighted by atomic mass is 10.1. The summed E-state index contributed by atoms with van der Waals surface area (Å²) >= 11 is 0. The van der Waals surface area contributed by atoms with Crippen molar-refractivity contribution in [3.8, 4) is 17.0 Å². The fourth-order valence-electron chi connectivity index (χ4n) is 2.04. The van der Waals surface area contributed by atoms with Crippen LogP contribution in [0.4, 0.5) is 4.79 Å². The average Bonchev–Trinajstić information content (AvgIpc) is 2.47. The summed E-state index contributed by atoms with van der Waals surface area (Å²) in [5, 5.41) is 1.10. The van der Waals surface area contributed by atoms with Crippen molar-refractivity contribution in [1.82, 2.24) is 4.98 Å². The first kappa shape index (κ1) is 12.2. The van der Waals surface area contributed by atoms with Gasteiger partial charge in [-0.05, 0) is 36.4 Å². The molecule has 1 aromatic heterocycles. The van der Waals surface area contributed by atoms with E-state index in [1.54, 1.807) is 12.1 Å². The minimum atomic E-state index is -0.818. The van der Waals surface area contributed by atoms with Crippen LogP contribution >= 0.6 is 0 Å². The van der Waals surface area contributed by atoms with Gasteiger partial charge in [-0.3, -0.25) is 0 Å². The van der Waals surface area contributed by atoms with Gasteiger partial charge in [0.05, 0.1) is 11.2 Å². The molecule has 2 aromatic carbocycles. The molecule has 0 atom stereocenters. The number of ether oxygens (including phenoxy) is 1. The van der Waals surface area contributed by atoms with Crippen molar-refractivity contribution in [3.05, 3.63) is 60.7 Å². The predicted molar refractivity (Wildman–Crippen MR) is 77.4 cm³/mol. The lowest BCUT2D eigenvalue weighted by molar-refractivity contribution is 0.211. The summed E-state index contributed by atoms with van der Waals surface area (Å²) in [6.45, 7) is 0. The van der Waals surface area contributed by atoms with Gasteiger partial charge in [-0.15, -0.1) is 0 Å². The van der Waals surface area contributed by atoms with E-state index in [9.17, 15) is 4.79 Å². The minimum Gasteiger partial charge on any atom is -0.411 e. The number of nitrogens with zero attached hydrogens (tertiary/aromatic N) is 1. The van der Waals surface area contributed by atoms with E-state index < -0.39 is 6.09 Å². The minimum absolute atomic E-state index is 0.419. The molecule has 0 bridgehead atoms. The van der Waals surface area contributed by atoms with Crippen LogP contribution in [0.2, 0.25) is 0 Å². The van der Waals surface area contributed by atoms with E-state index in [2.05, 4.69) is 4.98 Å². The van der Waals surface area contributed by atoms with Crippen LogP contribution in [-0.4, -0.2) is 11.1 Å². The van der Waals surface area contributed by atoms with E-state index in [0.717, 1.165) is 22.2 Å². The van der Waals surface area contributed by atoms with Crippen molar-refractivity contribution in [3.63, 3.8) is 0 Å². The van der Waals surface area contributed by atoms with Crippen LogP contribution in [0, 0.1) is 0 Å². The van der Waals surface area contributed by atoms with Crippen LogP contribution in [0.5, 0.6) is 5.75 Å². The zero-order valence-corrected chi connectivity index (χ0v) is 10.6. The van der Waals surface area contributed by atoms with Gasteiger partial charge in [-0.2, -0.15) is 0 Å². The number of para-hydroxylation sites is 1. The highest BCUT2D eigenvalue weighted by molar-refractivity contribution is 5.81. The normalized spacial score (nSPS) is 10.4. The van der Waals surface area contributed by atoms with Crippen LogP contribution in [0.1, 0.15) is 0 Å². The van der Waals surface area contributed by atoms with Crippen LogP contribution in [0.15, 0.2) is 60.7 Å². The van der Waals surface area contributed by atoms with Crippen molar-refractivity contribution in [2.75, 3.05) is 0 Å². The van der Waals surface area contributed by atoms with Crippen LogP contribution < -0.4 is 10.5 Å². The Kier molecular flexibility index (Phi) is 3.05. The molecule has 2 N–H and O–H groups in total. The fourth-order valence-corrected chi connectivity index (χ4v) is 2.04. The molecule has 98 valence electrons. The average molecular weight is 264 g/mol. The van der Waals surface area contributed by atoms with Gasteiger partial charge >= 0.3 is 6.09 Å². The highest BCUT2D eigenvalue weighted by Crippen LogP contribution is 2.23. The molecule has 4 nitrogen and oxygen atoms in total. The summed E-state index contributed by atoms with van der Waals surface area (Å²) in [6, 6.07) is 19.0. The van der Waals surface area contributed by atoms with Crippen molar-refractivity contribution in [1.29, 1.82) is 0 Å². The smallest absolute Gasteiger partial charge is 0.409 e. The Morgan fingerprint density at radius 2 is 1.70 bits per heavy atom. The maximum atomic E-state index is 10.7. The van der Waals surface area contributed by atoms with Gasteiger partial charge in [0.1, 0.15) is 5.75 Å². The van der Waals surface area contributed by atoms with Crippen LogP contribution in [-0.2, 0) is 0 Å². The zero-order chi connectivity index (χ0) is 13.9. The fraction of sp³-hybridized carbons (Fsp3) is 0. The summed E-state index contributed by atoms with van der Waals surface area (Å²) < 4.78 is 4.79. The van der Waals surface area contributed by atoms with Crippen LogP contribution in [0.25, 0.3) is 22.2 Å². The SMILES string of the molecule is NC(=O)Oc1ccc(-c2ccc3ccccc3n2)cc1. The standard InChI is InChI=1S/C16H12N2O2/c17-16(19)20-13-8-5-12(6-9-13)15-10-7-11-3-1-2-4-14(11)18-15/h1-10H,(H2,17,19). The zero-order valence-electron chi connectivity index (χ0n) is 10.6. The molecule has 3 aromatic rings. The number of pyridine rings is 1. The highest BCUT2D eigenvalue weighted by atomic mass is 16.5. The number of hydrogen-bond acceptors (Lipinski definition) is 3. The van der Waals surface area contributed by atoms with E-state index in [1.165, 1.54) is 0 Å². The number of hydrogen-bond donors (Lipinski definition) is 1. The number of aromatic nitrogens is 1. The van der Waals surface area contributed by atoms with Crippen molar-refractivity contribution >= 4 is 17.0 Å². The summed E-state index contributed by atoms with van der Waals surface area (Å²) in [6.07, 6.45) is -0.818. The predicted octanol–water partition coefficient (Wildman–Crippen LogP) is 3.36. The third-order valence-corrected chi connectivity index (χ3v) is 2.97. The van der Waals surface area contributed by atoms with Gasteiger partial charge in [-0.25, -0.2) is 9.78 Å². The summed E-state index contributed by atoms with van der Waals surface area (Å²) in [7, 11) is 0. The van der Waals surface area contributed by atoms with E-state index >= 15 is 0 Å². The molecule has 0 saturated heterocycles. The first-order chi connectivity index (χ1) is 9.72. The Bertz CT molecular complexity index is 767. The molecule has 0 saturated carbocycles. The Balaban J connectivity index is 1.96. The van der Waals surface area contributed by atoms with E-state index in [0.29, 0.717) is 5.75 Å². The molecule has 0 fully saturated rings. The Morgan fingerprint density at radius 1 is 0.950 bits per heavy atom. The lowest BCUT2D eigenvalue weighted by Gasteiger charge is -2.05. The Morgan fingerprint density at radius 3 is 2.45 bits per heavy atom. The molecular weight excluding hydrogens is 252 g/mol. The molecule has 0 unspecified atom stereocenters. The molecule has 1 amide bonds. The maximum absolute atomic E-state index is 10.7. The largest absolute Gasteiger partial charge is 0.411 e. The number of carbonyl (C=O) groups excluding carboxylic acids is 1. The molecule has 0 aliphatic rings. The number of rotatable bonds is 2. The topological polar surface area (TPSA) is 65.2 Å². The third-order valence-electron chi connectivity index (χ3n) is 2.97. The first-order valence-corrected chi connectivity index (χ1v) is 6.16. The van der Waals surface area contributed by atoms with Gasteiger partial charge in [0.15, 0.2) is 0 Å². The molecule has 0 spiro atoms. The first-order valence-electron chi connectivity index (χ1n) is 6.16. The number of benzene rings is 2. The lowest BCUT2D eigenvalue weighted by Crippen LogP contribution is -2.16. The molecule has 0 radical (unpaired) electrons. The van der Waals surface area contributed by atoms with E-state index in [4.69, 9.17) is 10.5 Å². The van der Waals surface area contributed by atoms with Crippen LogP contribution in [0.3, 0.4) is 0 Å². The van der Waals surface area contributed by atoms with Gasteiger partial charge in [0, 0.05) is 10.9 Å². The second kappa shape index (κ2) is 5.01. The Labute approximate surface area is 115 Å². The van der Waals surface area contributed by atoms with Crippen molar-refractivity contribution < 1.29 is 9.53 Å². The number of carbonyl (C=O) groups is 1. The number of primary amides is 1. The molecule has 3 rings (SSSR count). The molecule has 0 aliphatic carbocycles. The molecular formula is C16H12N2O2. The second-order valence-electron chi connectivity index (χ2n) is 4.33. The molecule has 0 aliphatic heterocycles. The second-order valence-corrected chi connectivity index (χ2v) is 4.33. The van der Waals surface area contributed by atoms with Crippen molar-refractivity contribution in [2.45, 2.75) is 0 Å². The van der Waals surface area contributed by atoms with Gasteiger partial charge in [-0.1, -0.05) is 24.3 Å².